The zero-order valence-electron chi connectivity index (χ0n) is 13.9. The average Bonchev–Trinajstić information content (AvgIpc) is 3.25. The molecule has 134 valence electrons. The maximum absolute atomic E-state index is 12.7. The number of H-pyrrole nitrogens is 2. The monoisotopic (exact) mass is 357 g/mol. The summed E-state index contributed by atoms with van der Waals surface area (Å²) >= 11 is 0. The Balaban J connectivity index is 1.53. The molecule has 8 heteroatoms. The summed E-state index contributed by atoms with van der Waals surface area (Å²) in [5, 5.41) is 13.5. The van der Waals surface area contributed by atoms with Crippen LogP contribution >= 0.6 is 0 Å². The smallest absolute Gasteiger partial charge is 0.279 e. The van der Waals surface area contributed by atoms with Crippen LogP contribution in [0.1, 0.15) is 33.9 Å². The van der Waals surface area contributed by atoms with Crippen molar-refractivity contribution in [3.05, 3.63) is 59.0 Å². The molecule has 3 heterocycles. The molecule has 0 bridgehead atoms. The summed E-state index contributed by atoms with van der Waals surface area (Å²) in [4.78, 5) is 14.2. The van der Waals surface area contributed by atoms with Crippen LogP contribution in [0.25, 0.3) is 11.3 Å². The van der Waals surface area contributed by atoms with Crippen molar-refractivity contribution in [2.75, 3.05) is 13.1 Å². The Bertz CT molecular complexity index is 919. The van der Waals surface area contributed by atoms with E-state index < -0.39 is 6.43 Å². The van der Waals surface area contributed by atoms with Crippen LogP contribution in [0.5, 0.6) is 0 Å². The van der Waals surface area contributed by atoms with Crippen LogP contribution in [0.4, 0.5) is 8.78 Å². The first-order chi connectivity index (χ1) is 12.6. The van der Waals surface area contributed by atoms with Gasteiger partial charge in [0.2, 0.25) is 0 Å². The highest BCUT2D eigenvalue weighted by Crippen LogP contribution is 2.27. The Hall–Kier alpha value is -3.03. The normalized spacial score (nSPS) is 14.3. The number of benzene rings is 1. The van der Waals surface area contributed by atoms with Gasteiger partial charge >= 0.3 is 0 Å². The lowest BCUT2D eigenvalue weighted by atomic mass is 10.0. The first kappa shape index (κ1) is 16.4. The Morgan fingerprint density at radius 2 is 1.85 bits per heavy atom. The van der Waals surface area contributed by atoms with Gasteiger partial charge in [0.25, 0.3) is 12.3 Å². The Labute approximate surface area is 148 Å². The number of carbonyl (C=O) groups excluding carboxylic acids is 1. The van der Waals surface area contributed by atoms with Gasteiger partial charge in [0.05, 0.1) is 5.69 Å². The molecule has 0 saturated carbocycles. The summed E-state index contributed by atoms with van der Waals surface area (Å²) < 4.78 is 25.4. The fraction of sp³-hybridized carbons (Fsp3) is 0.278. The van der Waals surface area contributed by atoms with Crippen LogP contribution < -0.4 is 0 Å². The number of hydrogen-bond acceptors (Lipinski definition) is 3. The molecule has 3 aromatic rings. The predicted molar refractivity (Wildman–Crippen MR) is 90.9 cm³/mol. The molecule has 0 radical (unpaired) electrons. The van der Waals surface area contributed by atoms with E-state index in [1.807, 2.05) is 30.3 Å². The second-order valence-electron chi connectivity index (χ2n) is 6.20. The first-order valence-corrected chi connectivity index (χ1v) is 8.37. The molecule has 6 nitrogen and oxygen atoms in total. The highest BCUT2D eigenvalue weighted by atomic mass is 19.3. The molecule has 26 heavy (non-hydrogen) atoms. The highest BCUT2D eigenvalue weighted by Gasteiger charge is 2.25. The van der Waals surface area contributed by atoms with Gasteiger partial charge in [0.15, 0.2) is 5.69 Å². The Kier molecular flexibility index (Phi) is 4.24. The highest BCUT2D eigenvalue weighted by molar-refractivity contribution is 5.92. The maximum atomic E-state index is 12.7. The van der Waals surface area contributed by atoms with Crippen molar-refractivity contribution in [1.29, 1.82) is 0 Å². The van der Waals surface area contributed by atoms with E-state index >= 15 is 0 Å². The fourth-order valence-electron chi connectivity index (χ4n) is 3.24. The molecule has 2 N–H and O–H groups in total. The van der Waals surface area contributed by atoms with Crippen molar-refractivity contribution < 1.29 is 13.6 Å². The van der Waals surface area contributed by atoms with Gasteiger partial charge in [-0.05, 0) is 12.5 Å². The maximum Gasteiger partial charge on any atom is 0.279 e. The number of nitrogens with zero attached hydrogens (tertiary/aromatic N) is 3. The molecule has 0 spiro atoms. The second-order valence-corrected chi connectivity index (χ2v) is 6.20. The largest absolute Gasteiger partial charge is 0.337 e. The summed E-state index contributed by atoms with van der Waals surface area (Å²) in [5.41, 5.74) is 3.71. The van der Waals surface area contributed by atoms with Crippen LogP contribution in [-0.2, 0) is 12.8 Å². The van der Waals surface area contributed by atoms with Gasteiger partial charge < -0.3 is 4.90 Å². The molecule has 1 aliphatic heterocycles. The number of fused-ring (bicyclic) bond motifs is 1. The molecular weight excluding hydrogens is 340 g/mol. The van der Waals surface area contributed by atoms with E-state index in [-0.39, 0.29) is 17.3 Å². The molecular formula is C18H17F2N5O. The number of alkyl halides is 2. The minimum absolute atomic E-state index is 0.0206. The van der Waals surface area contributed by atoms with E-state index in [0.717, 1.165) is 28.6 Å². The number of rotatable bonds is 3. The van der Waals surface area contributed by atoms with Crippen molar-refractivity contribution in [3.8, 4) is 11.3 Å². The molecule has 0 saturated heterocycles. The third-order valence-electron chi connectivity index (χ3n) is 4.60. The number of aromatic amines is 2. The number of aromatic nitrogens is 4. The van der Waals surface area contributed by atoms with Gasteiger partial charge in [-0.3, -0.25) is 15.0 Å². The lowest BCUT2D eigenvalue weighted by molar-refractivity contribution is 0.0757. The predicted octanol–water partition coefficient (Wildman–Crippen LogP) is 2.98. The van der Waals surface area contributed by atoms with Gasteiger partial charge in [-0.2, -0.15) is 10.2 Å². The van der Waals surface area contributed by atoms with Crippen molar-refractivity contribution >= 4 is 5.91 Å². The van der Waals surface area contributed by atoms with Gasteiger partial charge in [-0.25, -0.2) is 8.78 Å². The van der Waals surface area contributed by atoms with E-state index in [9.17, 15) is 13.6 Å². The molecule has 2 aromatic heterocycles. The molecule has 0 fully saturated rings. The van der Waals surface area contributed by atoms with Gasteiger partial charge in [0, 0.05) is 36.3 Å². The number of halogens is 2. The molecule has 1 aromatic carbocycles. The van der Waals surface area contributed by atoms with E-state index in [2.05, 4.69) is 20.4 Å². The minimum Gasteiger partial charge on any atom is -0.337 e. The minimum atomic E-state index is -2.67. The number of carbonyl (C=O) groups is 1. The third kappa shape index (κ3) is 2.98. The molecule has 0 aliphatic carbocycles. The summed E-state index contributed by atoms with van der Waals surface area (Å²) in [5.74, 6) is -0.340. The first-order valence-electron chi connectivity index (χ1n) is 8.37. The van der Waals surface area contributed by atoms with Crippen LogP contribution in [0, 0.1) is 0 Å². The Morgan fingerprint density at radius 1 is 1.08 bits per heavy atom. The van der Waals surface area contributed by atoms with Crippen molar-refractivity contribution in [2.24, 2.45) is 0 Å². The van der Waals surface area contributed by atoms with Crippen molar-refractivity contribution in [1.82, 2.24) is 25.3 Å². The van der Waals surface area contributed by atoms with Gasteiger partial charge in [0.1, 0.15) is 5.69 Å². The lowest BCUT2D eigenvalue weighted by Crippen LogP contribution is -2.33. The van der Waals surface area contributed by atoms with E-state index in [0.29, 0.717) is 25.9 Å². The summed E-state index contributed by atoms with van der Waals surface area (Å²) in [7, 11) is 0. The molecule has 4 rings (SSSR count). The van der Waals surface area contributed by atoms with E-state index in [1.54, 1.807) is 4.90 Å². The quantitative estimate of drug-likeness (QED) is 0.756. The SMILES string of the molecule is O=C(c1cc(C(F)F)[nH]n1)N1CCc2[nH]nc(-c3ccccc3)c2CC1. The van der Waals surface area contributed by atoms with Crippen LogP contribution in [0.3, 0.4) is 0 Å². The number of nitrogens with one attached hydrogen (secondary N) is 2. The van der Waals surface area contributed by atoms with Gasteiger partial charge in [-0.15, -0.1) is 0 Å². The van der Waals surface area contributed by atoms with E-state index in [4.69, 9.17) is 0 Å². The zero-order chi connectivity index (χ0) is 18.1. The topological polar surface area (TPSA) is 77.7 Å². The summed E-state index contributed by atoms with van der Waals surface area (Å²) in [6.07, 6.45) is -1.39. The zero-order valence-corrected chi connectivity index (χ0v) is 13.9. The summed E-state index contributed by atoms with van der Waals surface area (Å²) in [6, 6.07) is 11.0. The van der Waals surface area contributed by atoms with Crippen molar-refractivity contribution in [2.45, 2.75) is 19.3 Å². The second kappa shape index (κ2) is 6.70. The van der Waals surface area contributed by atoms with Crippen LogP contribution in [0.15, 0.2) is 36.4 Å². The van der Waals surface area contributed by atoms with Crippen LogP contribution in [-0.4, -0.2) is 44.3 Å². The number of amides is 1. The van der Waals surface area contributed by atoms with E-state index in [1.165, 1.54) is 0 Å². The molecule has 1 aliphatic rings. The van der Waals surface area contributed by atoms with Gasteiger partial charge in [-0.1, -0.05) is 30.3 Å². The Morgan fingerprint density at radius 3 is 2.58 bits per heavy atom. The third-order valence-corrected chi connectivity index (χ3v) is 4.60. The fourth-order valence-corrected chi connectivity index (χ4v) is 3.24. The molecule has 0 atom stereocenters. The van der Waals surface area contributed by atoms with Crippen LogP contribution in [0.2, 0.25) is 0 Å². The van der Waals surface area contributed by atoms with Crippen molar-refractivity contribution in [3.63, 3.8) is 0 Å². The molecule has 1 amide bonds. The standard InChI is InChI=1S/C18H17F2N5O/c19-17(20)14-10-15(23-22-14)18(26)25-8-6-12-13(7-9-25)21-24-16(12)11-4-2-1-3-5-11/h1-5,10,17H,6-9H2,(H,21,24)(H,22,23). The average molecular weight is 357 g/mol. The number of hydrogen-bond donors (Lipinski definition) is 2. The molecule has 0 unspecified atom stereocenters. The lowest BCUT2D eigenvalue weighted by Gasteiger charge is -2.18. The summed E-state index contributed by atoms with van der Waals surface area (Å²) in [6.45, 7) is 0.973.